The van der Waals surface area contributed by atoms with E-state index in [1.165, 1.54) is 0 Å². The number of hydrogen-bond acceptors (Lipinski definition) is 5. The zero-order valence-corrected chi connectivity index (χ0v) is 14.3. The Bertz CT molecular complexity index is 995. The van der Waals surface area contributed by atoms with Gasteiger partial charge < -0.3 is 9.73 Å². The van der Waals surface area contributed by atoms with Crippen LogP contribution >= 0.6 is 11.6 Å². The minimum Gasteiger partial charge on any atom is -0.444 e. The second-order valence-electron chi connectivity index (χ2n) is 5.74. The lowest BCUT2D eigenvalue weighted by Gasteiger charge is -2.13. The van der Waals surface area contributed by atoms with Crippen LogP contribution in [0.5, 0.6) is 0 Å². The van der Waals surface area contributed by atoms with Gasteiger partial charge in [0.1, 0.15) is 5.58 Å². The molecule has 7 heteroatoms. The molecule has 1 unspecified atom stereocenters. The third kappa shape index (κ3) is 3.01. The predicted octanol–water partition coefficient (Wildman–Crippen LogP) is 3.91. The van der Waals surface area contributed by atoms with Gasteiger partial charge in [-0.15, -0.1) is 5.10 Å². The van der Waals surface area contributed by atoms with Gasteiger partial charge in [0.05, 0.1) is 11.7 Å². The normalized spacial score (nSPS) is 12.6. The Balaban J connectivity index is 1.56. The van der Waals surface area contributed by atoms with Gasteiger partial charge in [0.15, 0.2) is 11.0 Å². The first-order valence-electron chi connectivity index (χ1n) is 7.97. The fourth-order valence-electron chi connectivity index (χ4n) is 2.80. The van der Waals surface area contributed by atoms with E-state index >= 15 is 0 Å². The van der Waals surface area contributed by atoms with Crippen molar-refractivity contribution in [3.8, 4) is 5.69 Å². The highest BCUT2D eigenvalue weighted by Crippen LogP contribution is 2.29. The van der Waals surface area contributed by atoms with Crippen molar-refractivity contribution in [1.29, 1.82) is 0 Å². The Labute approximate surface area is 149 Å². The van der Waals surface area contributed by atoms with Crippen molar-refractivity contribution in [3.05, 3.63) is 71.2 Å². The lowest BCUT2D eigenvalue weighted by molar-refractivity contribution is 0.528. The highest BCUT2D eigenvalue weighted by atomic mass is 35.5. The van der Waals surface area contributed by atoms with E-state index in [9.17, 15) is 0 Å². The Morgan fingerprint density at radius 2 is 1.88 bits per heavy atom. The molecule has 0 aliphatic rings. The Morgan fingerprint density at radius 1 is 1.12 bits per heavy atom. The molecule has 0 radical (unpaired) electrons. The SMILES string of the molecule is CC(NCc1c(Cl)oc2ccccc12)c1nnnn1-c1ccccc1. The van der Waals surface area contributed by atoms with Crippen molar-refractivity contribution < 1.29 is 4.42 Å². The highest BCUT2D eigenvalue weighted by molar-refractivity contribution is 6.30. The molecule has 0 aliphatic carbocycles. The molecule has 4 rings (SSSR count). The molecule has 2 aromatic heterocycles. The summed E-state index contributed by atoms with van der Waals surface area (Å²) < 4.78 is 7.32. The Hall–Kier alpha value is -2.70. The molecule has 2 aromatic carbocycles. The van der Waals surface area contributed by atoms with E-state index in [0.717, 1.165) is 28.0 Å². The van der Waals surface area contributed by atoms with Gasteiger partial charge in [-0.05, 0) is 47.2 Å². The molecule has 0 aliphatic heterocycles. The van der Waals surface area contributed by atoms with E-state index in [0.29, 0.717) is 11.8 Å². The van der Waals surface area contributed by atoms with E-state index in [1.807, 2.05) is 61.5 Å². The number of rotatable bonds is 5. The summed E-state index contributed by atoms with van der Waals surface area (Å²) >= 11 is 6.25. The van der Waals surface area contributed by atoms with E-state index in [-0.39, 0.29) is 6.04 Å². The quantitative estimate of drug-likeness (QED) is 0.589. The fourth-order valence-corrected chi connectivity index (χ4v) is 3.05. The van der Waals surface area contributed by atoms with Gasteiger partial charge in [-0.1, -0.05) is 36.4 Å². The molecule has 0 bridgehead atoms. The lowest BCUT2D eigenvalue weighted by atomic mass is 10.1. The maximum atomic E-state index is 6.25. The number of halogens is 1. The minimum absolute atomic E-state index is 0.0695. The molecular weight excluding hydrogens is 338 g/mol. The highest BCUT2D eigenvalue weighted by Gasteiger charge is 2.18. The molecule has 126 valence electrons. The number of aromatic nitrogens is 4. The summed E-state index contributed by atoms with van der Waals surface area (Å²) in [4.78, 5) is 0. The number of tetrazole rings is 1. The van der Waals surface area contributed by atoms with Gasteiger partial charge in [0.2, 0.25) is 0 Å². The molecule has 0 saturated carbocycles. The maximum Gasteiger partial charge on any atom is 0.199 e. The number of para-hydroxylation sites is 2. The number of nitrogens with zero attached hydrogens (tertiary/aromatic N) is 4. The summed E-state index contributed by atoms with van der Waals surface area (Å²) in [6.07, 6.45) is 0. The summed E-state index contributed by atoms with van der Waals surface area (Å²) in [5.74, 6) is 0.732. The number of hydrogen-bond donors (Lipinski definition) is 1. The smallest absolute Gasteiger partial charge is 0.199 e. The molecule has 2 heterocycles. The largest absolute Gasteiger partial charge is 0.444 e. The minimum atomic E-state index is -0.0695. The van der Waals surface area contributed by atoms with Crippen molar-refractivity contribution in [2.75, 3.05) is 0 Å². The third-order valence-electron chi connectivity index (χ3n) is 4.12. The van der Waals surface area contributed by atoms with Gasteiger partial charge in [-0.2, -0.15) is 4.68 Å². The summed E-state index contributed by atoms with van der Waals surface area (Å²) in [6, 6.07) is 17.5. The van der Waals surface area contributed by atoms with E-state index in [4.69, 9.17) is 16.0 Å². The first-order chi connectivity index (χ1) is 12.2. The van der Waals surface area contributed by atoms with Crippen LogP contribution in [-0.4, -0.2) is 20.2 Å². The van der Waals surface area contributed by atoms with Crippen LogP contribution in [0.15, 0.2) is 59.0 Å². The van der Waals surface area contributed by atoms with Crippen LogP contribution in [0.25, 0.3) is 16.7 Å². The molecule has 0 amide bonds. The van der Waals surface area contributed by atoms with Crippen molar-refractivity contribution in [3.63, 3.8) is 0 Å². The van der Waals surface area contributed by atoms with E-state index < -0.39 is 0 Å². The molecule has 0 spiro atoms. The molecule has 25 heavy (non-hydrogen) atoms. The molecule has 0 fully saturated rings. The van der Waals surface area contributed by atoms with Crippen molar-refractivity contribution in [2.24, 2.45) is 0 Å². The van der Waals surface area contributed by atoms with Crippen molar-refractivity contribution >= 4 is 22.6 Å². The lowest BCUT2D eigenvalue weighted by Crippen LogP contribution is -2.21. The van der Waals surface area contributed by atoms with E-state index in [1.54, 1.807) is 4.68 Å². The molecule has 0 saturated heterocycles. The van der Waals surface area contributed by atoms with Crippen LogP contribution in [0.4, 0.5) is 0 Å². The second-order valence-corrected chi connectivity index (χ2v) is 6.08. The Kier molecular flexibility index (Phi) is 4.21. The fraction of sp³-hybridized carbons (Fsp3) is 0.167. The van der Waals surface area contributed by atoms with Crippen LogP contribution < -0.4 is 5.32 Å². The summed E-state index contributed by atoms with van der Waals surface area (Å²) in [6.45, 7) is 2.57. The first kappa shape index (κ1) is 15.8. The number of fused-ring (bicyclic) bond motifs is 1. The first-order valence-corrected chi connectivity index (χ1v) is 8.35. The monoisotopic (exact) mass is 353 g/mol. The maximum absolute atomic E-state index is 6.25. The summed E-state index contributed by atoms with van der Waals surface area (Å²) in [5.41, 5.74) is 2.64. The van der Waals surface area contributed by atoms with Crippen LogP contribution in [0.2, 0.25) is 5.22 Å². The second kappa shape index (κ2) is 6.66. The number of furan rings is 1. The van der Waals surface area contributed by atoms with E-state index in [2.05, 4.69) is 20.8 Å². The molecule has 1 atom stereocenters. The van der Waals surface area contributed by atoms with Gasteiger partial charge in [-0.3, -0.25) is 0 Å². The van der Waals surface area contributed by atoms with Crippen LogP contribution in [0.1, 0.15) is 24.4 Å². The average Bonchev–Trinajstić information content (AvgIpc) is 3.25. The number of nitrogens with one attached hydrogen (secondary N) is 1. The molecule has 4 aromatic rings. The van der Waals surface area contributed by atoms with Crippen LogP contribution in [0.3, 0.4) is 0 Å². The standard InChI is InChI=1S/C18H16ClN5O/c1-12(18-21-22-23-24(18)13-7-3-2-4-8-13)20-11-15-14-9-5-6-10-16(14)25-17(15)19/h2-10,12,20H,11H2,1H3. The summed E-state index contributed by atoms with van der Waals surface area (Å²) in [7, 11) is 0. The Morgan fingerprint density at radius 3 is 2.72 bits per heavy atom. The molecule has 6 nitrogen and oxygen atoms in total. The van der Waals surface area contributed by atoms with Crippen LogP contribution in [-0.2, 0) is 6.54 Å². The zero-order chi connectivity index (χ0) is 17.2. The van der Waals surface area contributed by atoms with Gasteiger partial charge in [-0.25, -0.2) is 0 Å². The van der Waals surface area contributed by atoms with Gasteiger partial charge in [0, 0.05) is 17.5 Å². The zero-order valence-electron chi connectivity index (χ0n) is 13.6. The topological polar surface area (TPSA) is 68.8 Å². The molecule has 1 N–H and O–H groups in total. The predicted molar refractivity (Wildman–Crippen MR) is 95.6 cm³/mol. The molecular formula is C18H16ClN5O. The van der Waals surface area contributed by atoms with Gasteiger partial charge in [0.25, 0.3) is 0 Å². The van der Waals surface area contributed by atoms with Crippen molar-refractivity contribution in [1.82, 2.24) is 25.5 Å². The third-order valence-corrected chi connectivity index (χ3v) is 4.42. The van der Waals surface area contributed by atoms with Crippen molar-refractivity contribution in [2.45, 2.75) is 19.5 Å². The number of benzene rings is 2. The average molecular weight is 354 g/mol. The van der Waals surface area contributed by atoms with Crippen LogP contribution in [0, 0.1) is 0 Å². The summed E-state index contributed by atoms with van der Waals surface area (Å²) in [5, 5.41) is 16.9. The van der Waals surface area contributed by atoms with Gasteiger partial charge >= 0.3 is 0 Å².